The van der Waals surface area contributed by atoms with Crippen LogP contribution in [0.2, 0.25) is 0 Å². The van der Waals surface area contributed by atoms with Crippen molar-refractivity contribution in [2.45, 2.75) is 18.4 Å². The second-order valence-corrected chi connectivity index (χ2v) is 9.59. The van der Waals surface area contributed by atoms with E-state index >= 15 is 0 Å². The van der Waals surface area contributed by atoms with Gasteiger partial charge in [0.15, 0.2) is 5.65 Å². The first-order valence-corrected chi connectivity index (χ1v) is 11.4. The topological polar surface area (TPSA) is 107 Å². The Labute approximate surface area is 186 Å². The van der Waals surface area contributed by atoms with Crippen LogP contribution >= 0.6 is 22.6 Å². The zero-order valence-electron chi connectivity index (χ0n) is 15.8. The molecule has 0 atom stereocenters. The number of hydrogen-bond acceptors (Lipinski definition) is 6. The van der Waals surface area contributed by atoms with Crippen molar-refractivity contribution < 1.29 is 13.2 Å². The van der Waals surface area contributed by atoms with E-state index in [1.54, 1.807) is 42.7 Å². The fourth-order valence-electron chi connectivity index (χ4n) is 2.88. The Kier molecular flexibility index (Phi) is 5.52. The van der Waals surface area contributed by atoms with Gasteiger partial charge >= 0.3 is 0 Å². The monoisotopic (exact) mass is 533 g/mol. The Morgan fingerprint density at radius 1 is 1.13 bits per heavy atom. The number of benzene rings is 1. The fraction of sp³-hybridized carbons (Fsp3) is 0.100. The van der Waals surface area contributed by atoms with Crippen LogP contribution in [-0.2, 0) is 16.6 Å². The van der Waals surface area contributed by atoms with Crippen LogP contribution < -0.4 is 5.32 Å². The Balaban J connectivity index is 1.66. The van der Waals surface area contributed by atoms with Crippen LogP contribution in [0.4, 0.5) is 0 Å². The molecule has 1 amide bonds. The van der Waals surface area contributed by atoms with Crippen molar-refractivity contribution in [3.63, 3.8) is 0 Å². The van der Waals surface area contributed by atoms with Gasteiger partial charge in [0.05, 0.1) is 10.5 Å². The smallest absolute Gasteiger partial charge is 0.269 e. The number of fused-ring (bicyclic) bond motifs is 1. The van der Waals surface area contributed by atoms with Gasteiger partial charge in [0.25, 0.3) is 15.9 Å². The minimum Gasteiger partial charge on any atom is -0.348 e. The molecule has 0 aliphatic rings. The van der Waals surface area contributed by atoms with E-state index in [-0.39, 0.29) is 23.0 Å². The van der Waals surface area contributed by atoms with Crippen LogP contribution in [0.5, 0.6) is 0 Å². The summed E-state index contributed by atoms with van der Waals surface area (Å²) in [5, 5.41) is 3.37. The minimum atomic E-state index is -3.81. The number of nitrogens with zero attached hydrogens (tertiary/aromatic N) is 4. The molecular weight excluding hydrogens is 517 g/mol. The number of carbonyl (C=O) groups is 1. The van der Waals surface area contributed by atoms with E-state index in [0.717, 1.165) is 15.1 Å². The number of rotatable bonds is 5. The van der Waals surface area contributed by atoms with Gasteiger partial charge in [-0.1, -0.05) is 17.7 Å². The van der Waals surface area contributed by atoms with E-state index in [0.29, 0.717) is 14.5 Å². The van der Waals surface area contributed by atoms with Crippen molar-refractivity contribution in [2.24, 2.45) is 0 Å². The van der Waals surface area contributed by atoms with Crippen molar-refractivity contribution in [2.75, 3.05) is 0 Å². The lowest BCUT2D eigenvalue weighted by Crippen LogP contribution is -2.23. The van der Waals surface area contributed by atoms with Crippen LogP contribution in [0.15, 0.2) is 66.3 Å². The van der Waals surface area contributed by atoms with Crippen LogP contribution in [0, 0.1) is 10.5 Å². The largest absolute Gasteiger partial charge is 0.348 e. The van der Waals surface area contributed by atoms with Gasteiger partial charge in [0.1, 0.15) is 6.33 Å². The second kappa shape index (κ2) is 8.11. The predicted molar refractivity (Wildman–Crippen MR) is 119 cm³/mol. The van der Waals surface area contributed by atoms with Crippen LogP contribution in [0.25, 0.3) is 11.0 Å². The van der Waals surface area contributed by atoms with Gasteiger partial charge in [0.2, 0.25) is 0 Å². The molecule has 4 aromatic rings. The number of halogens is 1. The van der Waals surface area contributed by atoms with Crippen molar-refractivity contribution in [3.05, 3.63) is 81.7 Å². The average Bonchev–Trinajstić information content (AvgIpc) is 3.10. The van der Waals surface area contributed by atoms with E-state index in [1.165, 1.54) is 18.7 Å². The number of amides is 1. The summed E-state index contributed by atoms with van der Waals surface area (Å²) in [4.78, 5) is 24.8. The molecule has 4 rings (SSSR count). The zero-order valence-corrected chi connectivity index (χ0v) is 18.8. The molecule has 3 heterocycles. The SMILES string of the molecule is Cc1ccc(S(=O)(=O)n2cc(I)c3cc(C(=O)NCc4cncnc4)cnc32)cc1. The van der Waals surface area contributed by atoms with Gasteiger partial charge < -0.3 is 5.32 Å². The van der Waals surface area contributed by atoms with Crippen LogP contribution in [0.3, 0.4) is 0 Å². The summed E-state index contributed by atoms with van der Waals surface area (Å²) in [6, 6.07) is 8.27. The number of hydrogen-bond donors (Lipinski definition) is 1. The summed E-state index contributed by atoms with van der Waals surface area (Å²) < 4.78 is 28.0. The molecule has 1 N–H and O–H groups in total. The molecule has 0 saturated carbocycles. The molecule has 30 heavy (non-hydrogen) atoms. The maximum Gasteiger partial charge on any atom is 0.269 e. The molecule has 0 aliphatic heterocycles. The van der Waals surface area contributed by atoms with Crippen molar-refractivity contribution in [1.82, 2.24) is 24.2 Å². The summed E-state index contributed by atoms with van der Waals surface area (Å²) in [6.45, 7) is 2.17. The molecule has 1 aromatic carbocycles. The number of aryl methyl sites for hydroxylation is 1. The first-order chi connectivity index (χ1) is 14.4. The molecule has 0 aliphatic carbocycles. The first kappa shape index (κ1) is 20.4. The fourth-order valence-corrected chi connectivity index (χ4v) is 5.07. The number of aromatic nitrogens is 4. The Bertz CT molecular complexity index is 1340. The molecule has 0 fully saturated rings. The molecular formula is C20H16IN5O3S. The standard InChI is InChI=1S/C20H16IN5O3S/c1-13-2-4-16(5-3-13)30(28,29)26-11-18(21)17-6-15(10-24-19(17)26)20(27)25-9-14-7-22-12-23-8-14/h2-8,10-12H,9H2,1H3,(H,25,27). The highest BCUT2D eigenvalue weighted by Gasteiger charge is 2.22. The predicted octanol–water partition coefficient (Wildman–Crippen LogP) is 2.91. The molecule has 8 nitrogen and oxygen atoms in total. The van der Waals surface area contributed by atoms with Gasteiger partial charge in [0, 0.05) is 45.9 Å². The normalized spacial score (nSPS) is 11.5. The summed E-state index contributed by atoms with van der Waals surface area (Å²) in [5.74, 6) is -0.321. The molecule has 0 radical (unpaired) electrons. The minimum absolute atomic E-state index is 0.176. The quantitative estimate of drug-likeness (QED) is 0.396. The summed E-state index contributed by atoms with van der Waals surface area (Å²) in [6.07, 6.45) is 7.54. The maximum atomic E-state index is 13.1. The number of pyridine rings is 1. The molecule has 10 heteroatoms. The van der Waals surface area contributed by atoms with Crippen molar-refractivity contribution in [3.8, 4) is 0 Å². The summed E-state index contributed by atoms with van der Waals surface area (Å²) in [5.41, 5.74) is 2.34. The average molecular weight is 533 g/mol. The lowest BCUT2D eigenvalue weighted by molar-refractivity contribution is 0.0950. The Morgan fingerprint density at radius 2 is 1.83 bits per heavy atom. The zero-order chi connectivity index (χ0) is 21.3. The van der Waals surface area contributed by atoms with Gasteiger partial charge in [-0.05, 0) is 47.7 Å². The van der Waals surface area contributed by atoms with E-state index in [1.807, 2.05) is 29.5 Å². The highest BCUT2D eigenvalue weighted by Crippen LogP contribution is 2.26. The third-order valence-electron chi connectivity index (χ3n) is 4.47. The molecule has 0 spiro atoms. The van der Waals surface area contributed by atoms with Gasteiger partial charge in [-0.3, -0.25) is 4.79 Å². The lowest BCUT2D eigenvalue weighted by atomic mass is 10.2. The van der Waals surface area contributed by atoms with Crippen LogP contribution in [0.1, 0.15) is 21.5 Å². The highest BCUT2D eigenvalue weighted by atomic mass is 127. The summed E-state index contributed by atoms with van der Waals surface area (Å²) in [7, 11) is -3.81. The third-order valence-corrected chi connectivity index (χ3v) is 6.99. The van der Waals surface area contributed by atoms with Crippen molar-refractivity contribution in [1.29, 1.82) is 0 Å². The van der Waals surface area contributed by atoms with E-state index < -0.39 is 10.0 Å². The molecule has 3 aromatic heterocycles. The van der Waals surface area contributed by atoms with Gasteiger partial charge in [-0.25, -0.2) is 27.3 Å². The molecule has 0 saturated heterocycles. The molecule has 0 unspecified atom stereocenters. The number of nitrogens with one attached hydrogen (secondary N) is 1. The van der Waals surface area contributed by atoms with Crippen molar-refractivity contribution >= 4 is 49.6 Å². The molecule has 152 valence electrons. The summed E-state index contributed by atoms with van der Waals surface area (Å²) >= 11 is 2.04. The van der Waals surface area contributed by atoms with Crippen LogP contribution in [-0.4, -0.2) is 33.2 Å². The Morgan fingerprint density at radius 3 is 2.53 bits per heavy atom. The van der Waals surface area contributed by atoms with E-state index in [9.17, 15) is 13.2 Å². The third kappa shape index (κ3) is 3.92. The van der Waals surface area contributed by atoms with Gasteiger partial charge in [-0.15, -0.1) is 0 Å². The van der Waals surface area contributed by atoms with Gasteiger partial charge in [-0.2, -0.15) is 0 Å². The lowest BCUT2D eigenvalue weighted by Gasteiger charge is -2.08. The first-order valence-electron chi connectivity index (χ1n) is 8.87. The van der Waals surface area contributed by atoms with E-state index in [2.05, 4.69) is 20.3 Å². The number of carbonyl (C=O) groups excluding carboxylic acids is 1. The Hall–Kier alpha value is -2.86. The van der Waals surface area contributed by atoms with E-state index in [4.69, 9.17) is 0 Å². The highest BCUT2D eigenvalue weighted by molar-refractivity contribution is 14.1. The second-order valence-electron chi connectivity index (χ2n) is 6.62. The molecule has 0 bridgehead atoms. The maximum absolute atomic E-state index is 13.1.